The Hall–Kier alpha value is -2.29. The van der Waals surface area contributed by atoms with Gasteiger partial charge in [0, 0.05) is 12.1 Å². The summed E-state index contributed by atoms with van der Waals surface area (Å²) in [6.07, 6.45) is 0. The summed E-state index contributed by atoms with van der Waals surface area (Å²) in [5.41, 5.74) is 0.274. The maximum absolute atomic E-state index is 10.9. The summed E-state index contributed by atoms with van der Waals surface area (Å²) in [5, 5.41) is 36.4. The summed E-state index contributed by atoms with van der Waals surface area (Å²) in [6.45, 7) is 0. The Labute approximate surface area is 146 Å². The van der Waals surface area contributed by atoms with Crippen molar-refractivity contribution in [3.05, 3.63) is 58.1 Å². The fraction of sp³-hybridized carbons (Fsp3) is 0. The summed E-state index contributed by atoms with van der Waals surface area (Å²) in [7, 11) is 0. The van der Waals surface area contributed by atoms with Gasteiger partial charge in [-0.15, -0.1) is 0 Å². The number of benzene rings is 2. The molecule has 8 nitrogen and oxygen atoms in total. The molecule has 0 saturated heterocycles. The van der Waals surface area contributed by atoms with E-state index in [0.29, 0.717) is 5.69 Å². The second kappa shape index (κ2) is 7.64. The molecule has 0 amide bonds. The molecule has 22 heavy (non-hydrogen) atoms. The molecule has 0 atom stereocenters. The van der Waals surface area contributed by atoms with Crippen LogP contribution in [-0.2, 0) is 0 Å². The Morgan fingerprint density at radius 2 is 1.59 bits per heavy atom. The number of carboxylic acid groups (broad SMARTS) is 1. The number of hydrogen-bond acceptors (Lipinski definition) is 6. The number of nitrogens with zero attached hydrogens (tertiary/aromatic N) is 3. The molecule has 0 saturated carbocycles. The number of azo groups is 1. The van der Waals surface area contributed by atoms with Gasteiger partial charge < -0.3 is 10.2 Å². The van der Waals surface area contributed by atoms with Gasteiger partial charge >= 0.3 is 35.5 Å². The predicted octanol–water partition coefficient (Wildman–Crippen LogP) is 2.77. The molecule has 0 fully saturated rings. The van der Waals surface area contributed by atoms with E-state index in [4.69, 9.17) is 5.11 Å². The SMILES string of the molecule is O=C(O)c1cc(N=Nc2ccc([N+](=O)[O-])cc2)ccc1O.[NaH]. The summed E-state index contributed by atoms with van der Waals surface area (Å²) >= 11 is 0. The third kappa shape index (κ3) is 4.35. The molecule has 0 aliphatic heterocycles. The van der Waals surface area contributed by atoms with E-state index in [2.05, 4.69) is 10.2 Å². The van der Waals surface area contributed by atoms with Gasteiger partial charge in [-0.1, -0.05) is 0 Å². The monoisotopic (exact) mass is 311 g/mol. The molecule has 108 valence electrons. The summed E-state index contributed by atoms with van der Waals surface area (Å²) in [5.74, 6) is -1.64. The predicted molar refractivity (Wildman–Crippen MR) is 79.5 cm³/mol. The van der Waals surface area contributed by atoms with Crippen LogP contribution >= 0.6 is 0 Å². The third-order valence-corrected chi connectivity index (χ3v) is 2.55. The van der Waals surface area contributed by atoms with Crippen LogP contribution in [0.15, 0.2) is 52.7 Å². The van der Waals surface area contributed by atoms with E-state index < -0.39 is 10.9 Å². The zero-order chi connectivity index (χ0) is 15.4. The molecule has 9 heteroatoms. The number of aromatic hydroxyl groups is 1. The van der Waals surface area contributed by atoms with Gasteiger partial charge in [0.2, 0.25) is 0 Å². The quantitative estimate of drug-likeness (QED) is 0.388. The molecule has 0 heterocycles. The molecule has 2 aromatic carbocycles. The van der Waals surface area contributed by atoms with Crippen molar-refractivity contribution in [2.75, 3.05) is 0 Å². The van der Waals surface area contributed by atoms with Crippen LogP contribution < -0.4 is 0 Å². The number of nitro benzene ring substituents is 1. The Morgan fingerprint density at radius 1 is 1.05 bits per heavy atom. The average Bonchev–Trinajstić information content (AvgIpc) is 2.46. The van der Waals surface area contributed by atoms with Crippen molar-refractivity contribution in [3.63, 3.8) is 0 Å². The van der Waals surface area contributed by atoms with Crippen molar-refractivity contribution < 1.29 is 19.9 Å². The van der Waals surface area contributed by atoms with Gasteiger partial charge in [0.15, 0.2) is 0 Å². The molecule has 0 aliphatic carbocycles. The van der Waals surface area contributed by atoms with Crippen molar-refractivity contribution in [3.8, 4) is 5.75 Å². The van der Waals surface area contributed by atoms with Crippen LogP contribution in [0.5, 0.6) is 5.75 Å². The van der Waals surface area contributed by atoms with Crippen LogP contribution in [0.25, 0.3) is 0 Å². The number of phenols is 1. The topological polar surface area (TPSA) is 125 Å². The van der Waals surface area contributed by atoms with E-state index >= 15 is 0 Å². The minimum absolute atomic E-state index is 0. The molecule has 0 bridgehead atoms. The first-order valence-electron chi connectivity index (χ1n) is 5.70. The number of carbonyl (C=O) groups is 1. The number of carboxylic acids is 1. The molecule has 0 aromatic heterocycles. The molecule has 2 N–H and O–H groups in total. The first kappa shape index (κ1) is 17.8. The molecule has 0 spiro atoms. The van der Waals surface area contributed by atoms with E-state index in [1.54, 1.807) is 0 Å². The number of non-ortho nitro benzene ring substituents is 1. The van der Waals surface area contributed by atoms with Crippen LogP contribution in [-0.4, -0.2) is 50.7 Å². The van der Waals surface area contributed by atoms with Crippen molar-refractivity contribution in [2.45, 2.75) is 0 Å². The van der Waals surface area contributed by atoms with Gasteiger partial charge in [0.1, 0.15) is 11.3 Å². The second-order valence-corrected chi connectivity index (χ2v) is 3.98. The van der Waals surface area contributed by atoms with Gasteiger partial charge in [-0.05, 0) is 30.3 Å². The zero-order valence-corrected chi connectivity index (χ0v) is 10.5. The van der Waals surface area contributed by atoms with E-state index in [0.717, 1.165) is 0 Å². The number of rotatable bonds is 4. The van der Waals surface area contributed by atoms with Crippen LogP contribution in [0.1, 0.15) is 10.4 Å². The Kier molecular flexibility index (Phi) is 6.17. The van der Waals surface area contributed by atoms with Crippen molar-refractivity contribution in [1.29, 1.82) is 0 Å². The molecule has 0 unspecified atom stereocenters. The summed E-state index contributed by atoms with van der Waals surface area (Å²) in [6, 6.07) is 9.18. The van der Waals surface area contributed by atoms with Crippen molar-refractivity contribution in [2.24, 2.45) is 10.2 Å². The maximum atomic E-state index is 10.9. The average molecular weight is 311 g/mol. The minimum atomic E-state index is -1.28. The van der Waals surface area contributed by atoms with Crippen LogP contribution in [0.2, 0.25) is 0 Å². The molecule has 0 aliphatic rings. The fourth-order valence-corrected chi connectivity index (χ4v) is 1.51. The van der Waals surface area contributed by atoms with Gasteiger partial charge in [0.25, 0.3) is 5.69 Å². The molecule has 2 rings (SSSR count). The zero-order valence-electron chi connectivity index (χ0n) is 10.5. The molecular weight excluding hydrogens is 301 g/mol. The molecule has 2 aromatic rings. The van der Waals surface area contributed by atoms with Gasteiger partial charge in [-0.25, -0.2) is 4.79 Å². The number of nitro groups is 1. The third-order valence-electron chi connectivity index (χ3n) is 2.55. The van der Waals surface area contributed by atoms with Crippen LogP contribution in [0.3, 0.4) is 0 Å². The molecular formula is C13H10N3NaO5. The van der Waals surface area contributed by atoms with E-state index in [1.807, 2.05) is 0 Å². The first-order valence-corrected chi connectivity index (χ1v) is 5.70. The Morgan fingerprint density at radius 3 is 2.14 bits per heavy atom. The van der Waals surface area contributed by atoms with Crippen LogP contribution in [0.4, 0.5) is 17.1 Å². The normalized spacial score (nSPS) is 10.2. The van der Waals surface area contributed by atoms with E-state index in [1.165, 1.54) is 42.5 Å². The Balaban J connectivity index is 0.00000242. The van der Waals surface area contributed by atoms with E-state index in [-0.39, 0.29) is 52.2 Å². The first-order chi connectivity index (χ1) is 9.97. The molecule has 0 radical (unpaired) electrons. The second-order valence-electron chi connectivity index (χ2n) is 3.98. The van der Waals surface area contributed by atoms with Gasteiger partial charge in [0.05, 0.1) is 16.3 Å². The standard InChI is InChI=1S/C13H9N3O5.Na.H/c17-12-6-3-9(7-11(12)13(18)19)15-14-8-1-4-10(5-2-8)16(20)21;;/h1-7,17H,(H,18,19);;. The van der Waals surface area contributed by atoms with E-state index in [9.17, 15) is 20.0 Å². The van der Waals surface area contributed by atoms with Crippen LogP contribution in [0, 0.1) is 10.1 Å². The summed E-state index contributed by atoms with van der Waals surface area (Å²) in [4.78, 5) is 20.8. The number of hydrogen-bond donors (Lipinski definition) is 2. The Bertz CT molecular complexity index is 731. The summed E-state index contributed by atoms with van der Waals surface area (Å²) < 4.78 is 0. The number of aromatic carboxylic acids is 1. The van der Waals surface area contributed by atoms with Gasteiger partial charge in [-0.3, -0.25) is 10.1 Å². The van der Waals surface area contributed by atoms with Gasteiger partial charge in [-0.2, -0.15) is 10.2 Å². The fourth-order valence-electron chi connectivity index (χ4n) is 1.51. The van der Waals surface area contributed by atoms with Crippen molar-refractivity contribution >= 4 is 52.6 Å². The van der Waals surface area contributed by atoms with Crippen molar-refractivity contribution in [1.82, 2.24) is 0 Å².